The molecule has 2 N–H and O–H groups in total. The Morgan fingerprint density at radius 3 is 2.88 bits per heavy atom. The average Bonchev–Trinajstić information content (AvgIpc) is 3.36. The fourth-order valence-corrected chi connectivity index (χ4v) is 4.03. The smallest absolute Gasteiger partial charge is 0.439 e. The third-order valence-corrected chi connectivity index (χ3v) is 6.04. The minimum absolute atomic E-state index is 0.121. The fourth-order valence-electron chi connectivity index (χ4n) is 4.03. The molecule has 0 atom stereocenters. The Morgan fingerprint density at radius 2 is 2.18 bits per heavy atom. The largest absolute Gasteiger partial charge is 0.491 e. The predicted octanol–water partition coefficient (Wildman–Crippen LogP) is 3.82. The van der Waals surface area contributed by atoms with Crippen LogP contribution in [0.2, 0.25) is 0 Å². The number of hydrogen-bond acceptors (Lipinski definition) is 6. The number of carbonyl (C=O) groups is 1. The summed E-state index contributed by atoms with van der Waals surface area (Å²) in [5.74, 6) is 0.389. The monoisotopic (exact) mass is 443 g/mol. The highest BCUT2D eigenvalue weighted by atomic mass is 16.5. The number of aryl methyl sites for hydroxylation is 1. The molecule has 166 valence electrons. The van der Waals surface area contributed by atoms with Crippen LogP contribution in [0.1, 0.15) is 35.3 Å². The molecule has 33 heavy (non-hydrogen) atoms. The Labute approximate surface area is 188 Å². The maximum Gasteiger partial charge on any atom is 0.439 e. The first-order chi connectivity index (χ1) is 16.0. The van der Waals surface area contributed by atoms with E-state index >= 15 is 0 Å². The zero-order valence-electron chi connectivity index (χ0n) is 17.9. The van der Waals surface area contributed by atoms with Gasteiger partial charge in [-0.3, -0.25) is 14.3 Å². The molecule has 0 bridgehead atoms. The number of para-hydroxylation sites is 1. The van der Waals surface area contributed by atoms with Crippen molar-refractivity contribution in [3.05, 3.63) is 64.3 Å². The maximum atomic E-state index is 13.2. The third kappa shape index (κ3) is 3.87. The summed E-state index contributed by atoms with van der Waals surface area (Å²) in [6.45, 7) is 0.677. The maximum absolute atomic E-state index is 13.2. The van der Waals surface area contributed by atoms with Crippen molar-refractivity contribution in [2.24, 2.45) is 13.0 Å². The number of fused-ring (bicyclic) bond motifs is 1. The second-order valence-corrected chi connectivity index (χ2v) is 8.16. The van der Waals surface area contributed by atoms with Crippen molar-refractivity contribution < 1.29 is 14.1 Å². The number of aromatic nitrogens is 3. The van der Waals surface area contributed by atoms with Crippen molar-refractivity contribution in [2.75, 3.05) is 11.9 Å². The molecule has 1 amide bonds. The number of anilines is 1. The van der Waals surface area contributed by atoms with Gasteiger partial charge in [0.1, 0.15) is 11.4 Å². The molecule has 1 fully saturated rings. The molecule has 2 aromatic carbocycles. The predicted molar refractivity (Wildman–Crippen MR) is 121 cm³/mol. The Balaban J connectivity index is 1.47. The quantitative estimate of drug-likeness (QED) is 0.466. The van der Waals surface area contributed by atoms with Gasteiger partial charge in [-0.05, 0) is 49.1 Å². The van der Waals surface area contributed by atoms with E-state index in [1.165, 1.54) is 25.3 Å². The normalized spacial score (nSPS) is 13.5. The molecule has 9 heteroatoms. The van der Waals surface area contributed by atoms with E-state index in [4.69, 9.17) is 4.74 Å². The summed E-state index contributed by atoms with van der Waals surface area (Å²) in [5, 5.41) is 16.7. The van der Waals surface area contributed by atoms with E-state index in [9.17, 15) is 14.9 Å². The second kappa shape index (κ2) is 8.31. The molecule has 9 nitrogen and oxygen atoms in total. The molecule has 0 radical (unpaired) electrons. The van der Waals surface area contributed by atoms with Gasteiger partial charge in [0.2, 0.25) is 0 Å². The molecule has 0 spiro atoms. The Morgan fingerprint density at radius 1 is 1.33 bits per heavy atom. The number of ether oxygens (including phenoxy) is 1. The molecule has 2 heterocycles. The van der Waals surface area contributed by atoms with E-state index < -0.39 is 5.76 Å². The molecule has 4 aromatic rings. The molecule has 1 aliphatic carbocycles. The Hall–Kier alpha value is -4.32. The number of hydrogen-bond donors (Lipinski definition) is 2. The van der Waals surface area contributed by atoms with Crippen LogP contribution in [0.3, 0.4) is 0 Å². The van der Waals surface area contributed by atoms with E-state index in [0.717, 1.165) is 16.7 Å². The van der Waals surface area contributed by atoms with Crippen molar-refractivity contribution in [1.82, 2.24) is 14.7 Å². The molecular weight excluding hydrogens is 422 g/mol. The summed E-state index contributed by atoms with van der Waals surface area (Å²) in [7, 11) is 1.82. The summed E-state index contributed by atoms with van der Waals surface area (Å²) in [6.07, 6.45) is 3.65. The van der Waals surface area contributed by atoms with Gasteiger partial charge >= 0.3 is 5.76 Å². The number of nitriles is 1. The van der Waals surface area contributed by atoms with Crippen molar-refractivity contribution >= 4 is 22.5 Å². The number of carbonyl (C=O) groups excluding carboxylic acids is 1. The van der Waals surface area contributed by atoms with Gasteiger partial charge in [0.15, 0.2) is 5.82 Å². The number of nitrogens with zero attached hydrogens (tertiary/aromatic N) is 3. The number of benzene rings is 2. The van der Waals surface area contributed by atoms with E-state index in [0.29, 0.717) is 35.0 Å². The van der Waals surface area contributed by atoms with Crippen LogP contribution in [-0.4, -0.2) is 27.2 Å². The molecule has 5 rings (SSSR count). The van der Waals surface area contributed by atoms with E-state index in [1.807, 2.05) is 41.9 Å². The van der Waals surface area contributed by atoms with Crippen LogP contribution in [-0.2, 0) is 7.05 Å². The molecule has 1 aliphatic rings. The first-order valence-corrected chi connectivity index (χ1v) is 10.7. The third-order valence-electron chi connectivity index (χ3n) is 6.04. The topological polar surface area (TPSA) is 126 Å². The Kier molecular flexibility index (Phi) is 5.18. The SMILES string of the molecule is Cn1c(C(=O)Nc2ccc(C#N)cc2-c2noc(=O)[nH]2)cc2cccc(OCC3CCC3)c21. The van der Waals surface area contributed by atoms with E-state index in [2.05, 4.69) is 20.0 Å². The minimum atomic E-state index is -0.729. The summed E-state index contributed by atoms with van der Waals surface area (Å²) in [6, 6.07) is 14.3. The Bertz CT molecular complexity index is 1450. The lowest BCUT2D eigenvalue weighted by atomic mass is 9.86. The van der Waals surface area contributed by atoms with Crippen LogP contribution >= 0.6 is 0 Å². The summed E-state index contributed by atoms with van der Waals surface area (Å²) in [5.41, 5.74) is 2.40. The van der Waals surface area contributed by atoms with Crippen LogP contribution in [0, 0.1) is 17.2 Å². The van der Waals surface area contributed by atoms with Crippen molar-refractivity contribution in [3.63, 3.8) is 0 Å². The molecular formula is C24H21N5O4. The van der Waals surface area contributed by atoms with Gasteiger partial charge in [-0.2, -0.15) is 5.26 Å². The molecule has 0 aliphatic heterocycles. The highest BCUT2D eigenvalue weighted by molar-refractivity contribution is 6.08. The van der Waals surface area contributed by atoms with Crippen LogP contribution in [0.4, 0.5) is 5.69 Å². The second-order valence-electron chi connectivity index (χ2n) is 8.16. The number of aromatic amines is 1. The molecule has 0 saturated heterocycles. The van der Waals surface area contributed by atoms with E-state index in [-0.39, 0.29) is 11.7 Å². The summed E-state index contributed by atoms with van der Waals surface area (Å²) >= 11 is 0. The minimum Gasteiger partial charge on any atom is -0.491 e. The molecule has 0 unspecified atom stereocenters. The summed E-state index contributed by atoms with van der Waals surface area (Å²) < 4.78 is 12.5. The van der Waals surface area contributed by atoms with Gasteiger partial charge in [-0.25, -0.2) is 4.79 Å². The average molecular weight is 443 g/mol. The van der Waals surface area contributed by atoms with Crippen molar-refractivity contribution in [2.45, 2.75) is 19.3 Å². The fraction of sp³-hybridized carbons (Fsp3) is 0.250. The lowest BCUT2D eigenvalue weighted by Crippen LogP contribution is -2.19. The van der Waals surface area contributed by atoms with Gasteiger partial charge in [0, 0.05) is 18.0 Å². The van der Waals surface area contributed by atoms with E-state index in [1.54, 1.807) is 12.1 Å². The van der Waals surface area contributed by atoms with Crippen molar-refractivity contribution in [3.8, 4) is 23.2 Å². The zero-order valence-corrected chi connectivity index (χ0v) is 17.9. The van der Waals surface area contributed by atoms with Crippen LogP contribution in [0.5, 0.6) is 5.75 Å². The lowest BCUT2D eigenvalue weighted by molar-refractivity contribution is 0.101. The van der Waals surface area contributed by atoms with Gasteiger partial charge in [-0.15, -0.1) is 0 Å². The van der Waals surface area contributed by atoms with Crippen LogP contribution in [0.15, 0.2) is 51.8 Å². The van der Waals surface area contributed by atoms with Crippen LogP contribution in [0.25, 0.3) is 22.3 Å². The first-order valence-electron chi connectivity index (χ1n) is 10.7. The summed E-state index contributed by atoms with van der Waals surface area (Å²) in [4.78, 5) is 27.1. The zero-order chi connectivity index (χ0) is 22.9. The lowest BCUT2D eigenvalue weighted by Gasteiger charge is -2.25. The number of nitrogens with one attached hydrogen (secondary N) is 2. The standard InChI is InChI=1S/C24H21N5O4/c1-29-19(11-16-6-3-7-20(21(16)29)32-13-14-4-2-5-14)23(30)26-18-9-8-15(12-25)10-17(18)22-27-24(31)33-28-22/h3,6-11,14H,2,4-5,13H2,1H3,(H,26,30)(H,27,28,31). The number of amides is 1. The van der Waals surface area contributed by atoms with Gasteiger partial charge in [-0.1, -0.05) is 23.7 Å². The number of rotatable bonds is 6. The first kappa shape index (κ1) is 20.6. The molecule has 2 aromatic heterocycles. The molecule has 1 saturated carbocycles. The highest BCUT2D eigenvalue weighted by Crippen LogP contribution is 2.32. The number of H-pyrrole nitrogens is 1. The highest BCUT2D eigenvalue weighted by Gasteiger charge is 2.21. The van der Waals surface area contributed by atoms with Gasteiger partial charge in [0.05, 0.1) is 29.4 Å². The van der Waals surface area contributed by atoms with Crippen molar-refractivity contribution in [1.29, 1.82) is 5.26 Å². The van der Waals surface area contributed by atoms with Gasteiger partial charge < -0.3 is 14.6 Å². The van der Waals surface area contributed by atoms with Gasteiger partial charge in [0.25, 0.3) is 5.91 Å². The van der Waals surface area contributed by atoms with Crippen LogP contribution < -0.4 is 15.8 Å².